The van der Waals surface area contributed by atoms with Gasteiger partial charge in [0, 0.05) is 18.2 Å². The number of para-hydroxylation sites is 1. The lowest BCUT2D eigenvalue weighted by atomic mass is 10.0. The number of primary amides is 1. The van der Waals surface area contributed by atoms with E-state index in [4.69, 9.17) is 16.2 Å². The zero-order chi connectivity index (χ0) is 15.2. The molecule has 0 heterocycles. The van der Waals surface area contributed by atoms with E-state index in [0.29, 0.717) is 12.6 Å². The number of carbonyl (C=O) groups excluding carboxylic acids is 1. The van der Waals surface area contributed by atoms with E-state index in [2.05, 4.69) is 4.90 Å². The van der Waals surface area contributed by atoms with Gasteiger partial charge in [-0.25, -0.2) is 0 Å². The van der Waals surface area contributed by atoms with Crippen LogP contribution >= 0.6 is 0 Å². The third-order valence-corrected chi connectivity index (χ3v) is 4.25. The van der Waals surface area contributed by atoms with Gasteiger partial charge >= 0.3 is 0 Å². The molecule has 1 aromatic rings. The molecular weight excluding hydrogens is 266 g/mol. The number of methoxy groups -OCH3 is 1. The predicted octanol–water partition coefficient (Wildman–Crippen LogP) is 1.42. The van der Waals surface area contributed by atoms with Crippen molar-refractivity contribution in [1.82, 2.24) is 4.90 Å². The molecule has 1 unspecified atom stereocenters. The third-order valence-electron chi connectivity index (χ3n) is 4.25. The van der Waals surface area contributed by atoms with E-state index in [1.165, 1.54) is 12.8 Å². The quantitative estimate of drug-likeness (QED) is 0.796. The van der Waals surface area contributed by atoms with E-state index in [0.717, 1.165) is 24.2 Å². The minimum absolute atomic E-state index is 0.0447. The van der Waals surface area contributed by atoms with Gasteiger partial charge in [-0.05, 0) is 18.9 Å². The molecule has 1 aliphatic carbocycles. The molecule has 21 heavy (non-hydrogen) atoms. The van der Waals surface area contributed by atoms with Crippen molar-refractivity contribution in [3.63, 3.8) is 0 Å². The number of hydrogen-bond acceptors (Lipinski definition) is 4. The van der Waals surface area contributed by atoms with Crippen molar-refractivity contribution in [3.8, 4) is 5.75 Å². The normalized spacial score (nSPS) is 17.1. The highest BCUT2D eigenvalue weighted by Crippen LogP contribution is 2.34. The second kappa shape index (κ2) is 7.43. The molecule has 0 saturated heterocycles. The lowest BCUT2D eigenvalue weighted by Gasteiger charge is -2.35. The molecule has 0 aliphatic heterocycles. The van der Waals surface area contributed by atoms with Gasteiger partial charge in [0.2, 0.25) is 5.91 Å². The molecular formula is C16H25N3O2. The monoisotopic (exact) mass is 291 g/mol. The molecule has 0 aromatic heterocycles. The number of hydrogen-bond donors (Lipinski definition) is 2. The lowest BCUT2D eigenvalue weighted by molar-refractivity contribution is -0.120. The summed E-state index contributed by atoms with van der Waals surface area (Å²) < 4.78 is 5.45. The Kier molecular flexibility index (Phi) is 5.59. The van der Waals surface area contributed by atoms with Gasteiger partial charge in [-0.15, -0.1) is 0 Å². The van der Waals surface area contributed by atoms with Gasteiger partial charge in [0.15, 0.2) is 0 Å². The zero-order valence-corrected chi connectivity index (χ0v) is 12.6. The average molecular weight is 291 g/mol. The lowest BCUT2D eigenvalue weighted by Crippen LogP contribution is -2.45. The van der Waals surface area contributed by atoms with Gasteiger partial charge in [-0.1, -0.05) is 31.0 Å². The molecule has 5 heteroatoms. The largest absolute Gasteiger partial charge is 0.496 e. The second-order valence-electron chi connectivity index (χ2n) is 5.57. The van der Waals surface area contributed by atoms with Gasteiger partial charge in [-0.3, -0.25) is 9.69 Å². The van der Waals surface area contributed by atoms with Crippen molar-refractivity contribution >= 4 is 5.91 Å². The summed E-state index contributed by atoms with van der Waals surface area (Å²) in [7, 11) is 1.65. The van der Waals surface area contributed by atoms with Crippen molar-refractivity contribution in [3.05, 3.63) is 29.8 Å². The molecule has 1 fully saturated rings. The Balaban J connectivity index is 2.31. The SMILES string of the molecule is COc1ccccc1C(CN)N(CC(N)=O)C1CCCC1. The van der Waals surface area contributed by atoms with Crippen molar-refractivity contribution in [1.29, 1.82) is 0 Å². The topological polar surface area (TPSA) is 81.6 Å². The smallest absolute Gasteiger partial charge is 0.231 e. The summed E-state index contributed by atoms with van der Waals surface area (Å²) in [5, 5.41) is 0. The highest BCUT2D eigenvalue weighted by atomic mass is 16.5. The van der Waals surface area contributed by atoms with Gasteiger partial charge in [0.05, 0.1) is 19.7 Å². The van der Waals surface area contributed by atoms with Crippen LogP contribution in [0.2, 0.25) is 0 Å². The van der Waals surface area contributed by atoms with Crippen LogP contribution in [-0.4, -0.2) is 37.0 Å². The molecule has 1 saturated carbocycles. The summed E-state index contributed by atoms with van der Waals surface area (Å²) >= 11 is 0. The summed E-state index contributed by atoms with van der Waals surface area (Å²) in [5.41, 5.74) is 12.5. The van der Waals surface area contributed by atoms with Crippen LogP contribution in [0.1, 0.15) is 37.3 Å². The van der Waals surface area contributed by atoms with E-state index >= 15 is 0 Å². The van der Waals surface area contributed by atoms with Crippen LogP contribution < -0.4 is 16.2 Å². The van der Waals surface area contributed by atoms with Crippen LogP contribution in [0.5, 0.6) is 5.75 Å². The Morgan fingerprint density at radius 1 is 1.38 bits per heavy atom. The fourth-order valence-electron chi connectivity index (χ4n) is 3.29. The first kappa shape index (κ1) is 15.8. The Morgan fingerprint density at radius 3 is 2.62 bits per heavy atom. The predicted molar refractivity (Wildman–Crippen MR) is 82.9 cm³/mol. The number of ether oxygens (including phenoxy) is 1. The maximum atomic E-state index is 11.5. The van der Waals surface area contributed by atoms with Gasteiger partial charge in [-0.2, -0.15) is 0 Å². The molecule has 0 spiro atoms. The first-order chi connectivity index (χ1) is 10.2. The number of rotatable bonds is 7. The highest BCUT2D eigenvalue weighted by molar-refractivity contribution is 5.76. The third kappa shape index (κ3) is 3.74. The van der Waals surface area contributed by atoms with Gasteiger partial charge < -0.3 is 16.2 Å². The Bertz CT molecular complexity index is 472. The van der Waals surface area contributed by atoms with Crippen molar-refractivity contribution in [2.75, 3.05) is 20.2 Å². The van der Waals surface area contributed by atoms with E-state index in [-0.39, 0.29) is 18.5 Å². The first-order valence-corrected chi connectivity index (χ1v) is 7.54. The number of benzene rings is 1. The fourth-order valence-corrected chi connectivity index (χ4v) is 3.29. The molecule has 1 aliphatic rings. The summed E-state index contributed by atoms with van der Waals surface area (Å²) in [4.78, 5) is 13.6. The van der Waals surface area contributed by atoms with E-state index < -0.39 is 0 Å². The summed E-state index contributed by atoms with van der Waals surface area (Å²) in [6.07, 6.45) is 4.59. The van der Waals surface area contributed by atoms with E-state index in [1.54, 1.807) is 7.11 Å². The molecule has 1 atom stereocenters. The standard InChI is InChI=1S/C16H25N3O2/c1-21-15-9-5-4-8-13(15)14(10-17)19(11-16(18)20)12-6-2-3-7-12/h4-5,8-9,12,14H,2-3,6-7,10-11,17H2,1H3,(H2,18,20). The van der Waals surface area contributed by atoms with Crippen LogP contribution in [0.25, 0.3) is 0 Å². The highest BCUT2D eigenvalue weighted by Gasteiger charge is 2.31. The van der Waals surface area contributed by atoms with Crippen LogP contribution in [0.4, 0.5) is 0 Å². The molecule has 2 rings (SSSR count). The number of amides is 1. The number of nitrogens with two attached hydrogens (primary N) is 2. The number of nitrogens with zero attached hydrogens (tertiary/aromatic N) is 1. The molecule has 5 nitrogen and oxygen atoms in total. The van der Waals surface area contributed by atoms with Crippen molar-refractivity contribution in [2.45, 2.75) is 37.8 Å². The Morgan fingerprint density at radius 2 is 2.05 bits per heavy atom. The first-order valence-electron chi connectivity index (χ1n) is 7.54. The molecule has 0 radical (unpaired) electrons. The zero-order valence-electron chi connectivity index (χ0n) is 12.6. The molecule has 0 bridgehead atoms. The van der Waals surface area contributed by atoms with Crippen LogP contribution in [-0.2, 0) is 4.79 Å². The van der Waals surface area contributed by atoms with E-state index in [9.17, 15) is 4.79 Å². The average Bonchev–Trinajstić information content (AvgIpc) is 3.01. The fraction of sp³-hybridized carbons (Fsp3) is 0.562. The Labute approximate surface area is 126 Å². The maximum absolute atomic E-state index is 11.5. The van der Waals surface area contributed by atoms with Crippen LogP contribution in [0.3, 0.4) is 0 Å². The second-order valence-corrected chi connectivity index (χ2v) is 5.57. The molecule has 116 valence electrons. The molecule has 4 N–H and O–H groups in total. The number of carbonyl (C=O) groups is 1. The minimum Gasteiger partial charge on any atom is -0.496 e. The maximum Gasteiger partial charge on any atom is 0.231 e. The Hall–Kier alpha value is -1.59. The summed E-state index contributed by atoms with van der Waals surface area (Å²) in [5.74, 6) is 0.496. The van der Waals surface area contributed by atoms with Gasteiger partial charge in [0.25, 0.3) is 0 Å². The van der Waals surface area contributed by atoms with Crippen LogP contribution in [0, 0.1) is 0 Å². The summed E-state index contributed by atoms with van der Waals surface area (Å²) in [6.45, 7) is 0.675. The van der Waals surface area contributed by atoms with Crippen molar-refractivity contribution < 1.29 is 9.53 Å². The van der Waals surface area contributed by atoms with Gasteiger partial charge in [0.1, 0.15) is 5.75 Å². The molecule has 1 amide bonds. The van der Waals surface area contributed by atoms with Crippen molar-refractivity contribution in [2.24, 2.45) is 11.5 Å². The van der Waals surface area contributed by atoms with E-state index in [1.807, 2.05) is 24.3 Å². The minimum atomic E-state index is -0.310. The van der Waals surface area contributed by atoms with Crippen LogP contribution in [0.15, 0.2) is 24.3 Å². The molecule has 1 aromatic carbocycles. The summed E-state index contributed by atoms with van der Waals surface area (Å²) in [6, 6.07) is 8.17.